The van der Waals surface area contributed by atoms with E-state index in [-0.39, 0.29) is 5.75 Å². The molecule has 2 fully saturated rings. The van der Waals surface area contributed by atoms with Gasteiger partial charge in [-0.25, -0.2) is 9.97 Å². The molecule has 0 bridgehead atoms. The van der Waals surface area contributed by atoms with Crippen molar-refractivity contribution in [3.8, 4) is 17.0 Å². The Morgan fingerprint density at radius 3 is 2.57 bits per heavy atom. The molecule has 0 amide bonds. The van der Waals surface area contributed by atoms with E-state index in [4.69, 9.17) is 9.97 Å². The van der Waals surface area contributed by atoms with Crippen LogP contribution >= 0.6 is 0 Å². The summed E-state index contributed by atoms with van der Waals surface area (Å²) in [5, 5.41) is 19.1. The summed E-state index contributed by atoms with van der Waals surface area (Å²) >= 11 is 0. The molecule has 5 heterocycles. The highest BCUT2D eigenvalue weighted by Gasteiger charge is 2.47. The fourth-order valence-corrected chi connectivity index (χ4v) is 4.34. The maximum atomic E-state index is 10.5. The number of aromatic hydroxyl groups is 1. The number of pyridine rings is 2. The first-order chi connectivity index (χ1) is 13.6. The second-order valence-corrected chi connectivity index (χ2v) is 8.09. The summed E-state index contributed by atoms with van der Waals surface area (Å²) < 4.78 is 1.74. The van der Waals surface area contributed by atoms with Crippen LogP contribution in [0, 0.1) is 5.41 Å². The SMILES string of the molecule is Cn1cc2cc(-c3ccc4nc(N5CC6(CNC6)C5)ccc4n3)c(O)cc2n1. The maximum absolute atomic E-state index is 10.5. The van der Waals surface area contributed by atoms with Gasteiger partial charge in [-0.3, -0.25) is 4.68 Å². The molecule has 3 aromatic heterocycles. The van der Waals surface area contributed by atoms with E-state index in [1.165, 1.54) is 0 Å². The van der Waals surface area contributed by atoms with E-state index in [1.807, 2.05) is 43.6 Å². The normalized spacial score (nSPS) is 17.8. The molecule has 140 valence electrons. The highest BCUT2D eigenvalue weighted by molar-refractivity contribution is 5.88. The van der Waals surface area contributed by atoms with Gasteiger partial charge in [-0.05, 0) is 30.3 Å². The quantitative estimate of drug-likeness (QED) is 0.562. The standard InChI is InChI=1S/C21H20N6O/c1-26-8-13-6-14(19(28)7-18(13)25-26)15-2-3-17-16(23-15)4-5-20(24-17)27-11-21(12-27)9-22-10-21/h2-8,22,28H,9-12H2,1H3. The van der Waals surface area contributed by atoms with Gasteiger partial charge in [-0.1, -0.05) is 0 Å². The molecule has 7 heteroatoms. The lowest BCUT2D eigenvalue weighted by atomic mass is 9.74. The monoisotopic (exact) mass is 372 g/mol. The van der Waals surface area contributed by atoms with Gasteiger partial charge >= 0.3 is 0 Å². The van der Waals surface area contributed by atoms with Crippen molar-refractivity contribution in [1.82, 2.24) is 25.1 Å². The molecule has 0 atom stereocenters. The van der Waals surface area contributed by atoms with E-state index < -0.39 is 0 Å². The molecule has 0 saturated carbocycles. The van der Waals surface area contributed by atoms with Crippen LogP contribution < -0.4 is 10.2 Å². The van der Waals surface area contributed by atoms with Crippen molar-refractivity contribution < 1.29 is 5.11 Å². The molecule has 0 unspecified atom stereocenters. The Hall–Kier alpha value is -3.19. The summed E-state index contributed by atoms with van der Waals surface area (Å²) in [6.07, 6.45) is 1.94. The van der Waals surface area contributed by atoms with Crippen molar-refractivity contribution in [2.45, 2.75) is 0 Å². The Bertz CT molecular complexity index is 1230. The lowest BCUT2D eigenvalue weighted by Crippen LogP contribution is -2.71. The molecular formula is C21H20N6O. The van der Waals surface area contributed by atoms with Crippen LogP contribution in [-0.2, 0) is 7.05 Å². The number of phenolic OH excluding ortho intramolecular Hbond substituents is 1. The Labute approximate surface area is 161 Å². The number of aryl methyl sites for hydroxylation is 1. The molecule has 2 aliphatic heterocycles. The van der Waals surface area contributed by atoms with Crippen molar-refractivity contribution in [1.29, 1.82) is 0 Å². The highest BCUT2D eigenvalue weighted by atomic mass is 16.3. The third-order valence-electron chi connectivity index (χ3n) is 5.92. The van der Waals surface area contributed by atoms with Crippen molar-refractivity contribution in [2.24, 2.45) is 12.5 Å². The number of phenols is 1. The van der Waals surface area contributed by atoms with E-state index in [0.717, 1.165) is 59.6 Å². The number of fused-ring (bicyclic) bond motifs is 2. The molecule has 6 rings (SSSR count). The second-order valence-electron chi connectivity index (χ2n) is 8.09. The van der Waals surface area contributed by atoms with E-state index in [9.17, 15) is 5.11 Å². The molecular weight excluding hydrogens is 352 g/mol. The summed E-state index contributed by atoms with van der Waals surface area (Å²) in [5.41, 5.74) is 4.37. The molecule has 0 aliphatic carbocycles. The van der Waals surface area contributed by atoms with Gasteiger partial charge in [-0.15, -0.1) is 0 Å². The summed E-state index contributed by atoms with van der Waals surface area (Å²) in [4.78, 5) is 11.9. The largest absolute Gasteiger partial charge is 0.507 e. The molecule has 1 aromatic carbocycles. The third kappa shape index (κ3) is 2.29. The summed E-state index contributed by atoms with van der Waals surface area (Å²) in [5.74, 6) is 1.20. The van der Waals surface area contributed by atoms with Gasteiger partial charge < -0.3 is 15.3 Å². The molecule has 0 radical (unpaired) electrons. The number of hydrogen-bond acceptors (Lipinski definition) is 6. The fraction of sp³-hybridized carbons (Fsp3) is 0.286. The minimum absolute atomic E-state index is 0.183. The topological polar surface area (TPSA) is 79.1 Å². The number of nitrogens with one attached hydrogen (secondary N) is 1. The van der Waals surface area contributed by atoms with Crippen LogP contribution in [0.15, 0.2) is 42.6 Å². The lowest BCUT2D eigenvalue weighted by molar-refractivity contribution is 0.120. The first-order valence-corrected chi connectivity index (χ1v) is 9.49. The minimum Gasteiger partial charge on any atom is -0.507 e. The van der Waals surface area contributed by atoms with Crippen LogP contribution in [0.4, 0.5) is 5.82 Å². The first-order valence-electron chi connectivity index (χ1n) is 9.49. The number of aromatic nitrogens is 4. The van der Waals surface area contributed by atoms with Gasteiger partial charge in [0, 0.05) is 61.9 Å². The van der Waals surface area contributed by atoms with E-state index in [2.05, 4.69) is 15.3 Å². The molecule has 28 heavy (non-hydrogen) atoms. The zero-order valence-corrected chi connectivity index (χ0v) is 15.6. The Morgan fingerprint density at radius 1 is 1.00 bits per heavy atom. The first kappa shape index (κ1) is 15.8. The van der Waals surface area contributed by atoms with Crippen LogP contribution in [0.25, 0.3) is 33.2 Å². The smallest absolute Gasteiger partial charge is 0.129 e. The average molecular weight is 372 g/mol. The van der Waals surface area contributed by atoms with E-state index in [1.54, 1.807) is 10.7 Å². The van der Waals surface area contributed by atoms with Crippen molar-refractivity contribution in [3.63, 3.8) is 0 Å². The Kier molecular flexibility index (Phi) is 3.06. The van der Waals surface area contributed by atoms with Gasteiger partial charge in [0.1, 0.15) is 11.6 Å². The summed E-state index contributed by atoms with van der Waals surface area (Å²) in [6.45, 7) is 4.38. The van der Waals surface area contributed by atoms with Gasteiger partial charge in [-0.2, -0.15) is 5.10 Å². The Balaban J connectivity index is 1.35. The van der Waals surface area contributed by atoms with Crippen molar-refractivity contribution in [3.05, 3.63) is 42.6 Å². The molecule has 7 nitrogen and oxygen atoms in total. The van der Waals surface area contributed by atoms with Crippen LogP contribution in [0.3, 0.4) is 0 Å². The third-order valence-corrected chi connectivity index (χ3v) is 5.92. The predicted octanol–water partition coefficient (Wildman–Crippen LogP) is 2.30. The number of nitrogens with zero attached hydrogens (tertiary/aromatic N) is 5. The van der Waals surface area contributed by atoms with Gasteiger partial charge in [0.2, 0.25) is 0 Å². The number of rotatable bonds is 2. The van der Waals surface area contributed by atoms with Crippen LogP contribution in [-0.4, -0.2) is 51.0 Å². The average Bonchev–Trinajstić information content (AvgIpc) is 2.97. The maximum Gasteiger partial charge on any atom is 0.129 e. The van der Waals surface area contributed by atoms with E-state index >= 15 is 0 Å². The van der Waals surface area contributed by atoms with Crippen LogP contribution in [0.2, 0.25) is 0 Å². The zero-order valence-electron chi connectivity index (χ0n) is 15.6. The molecule has 2 aliphatic rings. The second kappa shape index (κ2) is 5.42. The predicted molar refractivity (Wildman–Crippen MR) is 108 cm³/mol. The molecule has 4 aromatic rings. The zero-order chi connectivity index (χ0) is 18.9. The van der Waals surface area contributed by atoms with Crippen LogP contribution in [0.5, 0.6) is 5.75 Å². The summed E-state index contributed by atoms with van der Waals surface area (Å²) in [6, 6.07) is 11.6. The molecule has 1 spiro atoms. The number of benzene rings is 1. The molecule has 2 saturated heterocycles. The van der Waals surface area contributed by atoms with Crippen molar-refractivity contribution in [2.75, 3.05) is 31.1 Å². The molecule has 2 N–H and O–H groups in total. The number of anilines is 1. The lowest BCUT2D eigenvalue weighted by Gasteiger charge is -2.56. The van der Waals surface area contributed by atoms with Gasteiger partial charge in [0.15, 0.2) is 0 Å². The Morgan fingerprint density at radius 2 is 1.79 bits per heavy atom. The fourth-order valence-electron chi connectivity index (χ4n) is 4.34. The van der Waals surface area contributed by atoms with Crippen molar-refractivity contribution >= 4 is 27.8 Å². The van der Waals surface area contributed by atoms with Gasteiger partial charge in [0.05, 0.1) is 22.2 Å². The van der Waals surface area contributed by atoms with Crippen LogP contribution in [0.1, 0.15) is 0 Å². The minimum atomic E-state index is 0.183. The van der Waals surface area contributed by atoms with E-state index in [0.29, 0.717) is 11.0 Å². The highest BCUT2D eigenvalue weighted by Crippen LogP contribution is 2.37. The summed E-state index contributed by atoms with van der Waals surface area (Å²) in [7, 11) is 1.87. The van der Waals surface area contributed by atoms with Gasteiger partial charge in [0.25, 0.3) is 0 Å². The number of hydrogen-bond donors (Lipinski definition) is 2.